The summed E-state index contributed by atoms with van der Waals surface area (Å²) in [5.41, 5.74) is 5.60. The maximum Gasteiger partial charge on any atom is 0.112 e. The maximum atomic E-state index is 6.11. The molecule has 0 saturated carbocycles. The van der Waals surface area contributed by atoms with Gasteiger partial charge in [0.1, 0.15) is 11.4 Å². The average molecular weight is 271 g/mol. The molecule has 4 nitrogen and oxygen atoms in total. The number of hydrogen-bond acceptors (Lipinski definition) is 4. The van der Waals surface area contributed by atoms with Crippen LogP contribution in [0.5, 0.6) is 0 Å². The van der Waals surface area contributed by atoms with Gasteiger partial charge < -0.3 is 0 Å². The average Bonchev–Trinajstić information content (AvgIpc) is 2.49. The minimum absolute atomic E-state index is 0.616. The SMILES string of the molecule is Clc1ccccc1N1N=NC(c2ccccc2)=CN1. The van der Waals surface area contributed by atoms with E-state index in [9.17, 15) is 0 Å². The molecule has 0 aliphatic carbocycles. The highest BCUT2D eigenvalue weighted by Gasteiger charge is 2.12. The van der Waals surface area contributed by atoms with Gasteiger partial charge in [-0.25, -0.2) is 0 Å². The van der Waals surface area contributed by atoms with E-state index < -0.39 is 0 Å². The fourth-order valence-corrected chi connectivity index (χ4v) is 1.98. The van der Waals surface area contributed by atoms with Crippen LogP contribution in [0, 0.1) is 0 Å². The number of rotatable bonds is 2. The van der Waals surface area contributed by atoms with Crippen LogP contribution in [0.2, 0.25) is 5.02 Å². The van der Waals surface area contributed by atoms with E-state index in [-0.39, 0.29) is 0 Å². The van der Waals surface area contributed by atoms with Crippen LogP contribution in [0.1, 0.15) is 5.56 Å². The van der Waals surface area contributed by atoms with Crippen LogP contribution in [0.3, 0.4) is 0 Å². The van der Waals surface area contributed by atoms with Gasteiger partial charge >= 0.3 is 0 Å². The quantitative estimate of drug-likeness (QED) is 0.895. The zero-order valence-corrected chi connectivity index (χ0v) is 10.7. The zero-order valence-electron chi connectivity index (χ0n) is 9.99. The summed E-state index contributed by atoms with van der Waals surface area (Å²) >= 11 is 6.11. The van der Waals surface area contributed by atoms with E-state index >= 15 is 0 Å². The van der Waals surface area contributed by atoms with E-state index in [1.807, 2.05) is 54.6 Å². The molecule has 1 heterocycles. The van der Waals surface area contributed by atoms with E-state index in [1.54, 1.807) is 6.20 Å². The third-order valence-corrected chi connectivity index (χ3v) is 3.04. The summed E-state index contributed by atoms with van der Waals surface area (Å²) in [6.07, 6.45) is 1.80. The van der Waals surface area contributed by atoms with Crippen molar-refractivity contribution in [3.05, 3.63) is 71.4 Å². The second-order valence-electron chi connectivity index (χ2n) is 3.98. The van der Waals surface area contributed by atoms with Gasteiger partial charge in [0.15, 0.2) is 0 Å². The number of anilines is 1. The van der Waals surface area contributed by atoms with E-state index in [1.165, 1.54) is 5.12 Å². The summed E-state index contributed by atoms with van der Waals surface area (Å²) in [5, 5.41) is 10.5. The molecule has 1 aliphatic heterocycles. The maximum absolute atomic E-state index is 6.11. The number of para-hydroxylation sites is 1. The topological polar surface area (TPSA) is 40.0 Å². The van der Waals surface area contributed by atoms with Crippen molar-refractivity contribution in [1.29, 1.82) is 0 Å². The molecule has 0 saturated heterocycles. The summed E-state index contributed by atoms with van der Waals surface area (Å²) in [4.78, 5) is 0. The molecule has 94 valence electrons. The molecule has 2 aromatic rings. The van der Waals surface area contributed by atoms with Crippen LogP contribution in [0.4, 0.5) is 5.69 Å². The molecule has 3 rings (SSSR count). The normalized spacial score (nSPS) is 13.9. The Morgan fingerprint density at radius 2 is 1.68 bits per heavy atom. The van der Waals surface area contributed by atoms with Gasteiger partial charge in [-0.05, 0) is 17.4 Å². The Morgan fingerprint density at radius 3 is 2.37 bits per heavy atom. The molecule has 2 aromatic carbocycles. The highest BCUT2D eigenvalue weighted by atomic mass is 35.5. The first kappa shape index (κ1) is 11.7. The van der Waals surface area contributed by atoms with Gasteiger partial charge in [0.05, 0.1) is 5.02 Å². The van der Waals surface area contributed by atoms with Crippen molar-refractivity contribution >= 4 is 23.0 Å². The Morgan fingerprint density at radius 1 is 0.947 bits per heavy atom. The minimum Gasteiger partial charge on any atom is -0.281 e. The third kappa shape index (κ3) is 2.44. The van der Waals surface area contributed by atoms with E-state index in [0.29, 0.717) is 5.02 Å². The van der Waals surface area contributed by atoms with Crippen molar-refractivity contribution in [2.45, 2.75) is 0 Å². The lowest BCUT2D eigenvalue weighted by molar-refractivity contribution is 0.719. The Bertz CT molecular complexity index is 637. The first-order valence-corrected chi connectivity index (χ1v) is 6.20. The highest BCUT2D eigenvalue weighted by molar-refractivity contribution is 6.33. The van der Waals surface area contributed by atoms with Crippen molar-refractivity contribution in [3.8, 4) is 0 Å². The van der Waals surface area contributed by atoms with Gasteiger partial charge in [0.2, 0.25) is 0 Å². The van der Waals surface area contributed by atoms with Gasteiger partial charge in [-0.1, -0.05) is 54.1 Å². The van der Waals surface area contributed by atoms with Crippen molar-refractivity contribution in [2.75, 3.05) is 5.12 Å². The molecular weight excluding hydrogens is 260 g/mol. The third-order valence-electron chi connectivity index (χ3n) is 2.72. The molecule has 0 spiro atoms. The lowest BCUT2D eigenvalue weighted by Gasteiger charge is -2.21. The fourth-order valence-electron chi connectivity index (χ4n) is 1.76. The summed E-state index contributed by atoms with van der Waals surface area (Å²) in [6, 6.07) is 17.3. The number of benzene rings is 2. The molecule has 19 heavy (non-hydrogen) atoms. The van der Waals surface area contributed by atoms with Gasteiger partial charge in [-0.2, -0.15) is 5.12 Å². The molecule has 0 radical (unpaired) electrons. The molecular formula is C14H11ClN4. The molecule has 0 unspecified atom stereocenters. The van der Waals surface area contributed by atoms with Crippen molar-refractivity contribution in [1.82, 2.24) is 5.43 Å². The van der Waals surface area contributed by atoms with Gasteiger partial charge in [0, 0.05) is 11.8 Å². The number of hydrazine groups is 1. The molecule has 0 fully saturated rings. The van der Waals surface area contributed by atoms with Crippen LogP contribution in [-0.2, 0) is 0 Å². The molecule has 0 bridgehead atoms. The summed E-state index contributed by atoms with van der Waals surface area (Å²) in [7, 11) is 0. The molecule has 1 aliphatic rings. The van der Waals surface area contributed by atoms with Gasteiger partial charge in [-0.15, -0.1) is 5.11 Å². The predicted octanol–water partition coefficient (Wildman–Crippen LogP) is 4.03. The van der Waals surface area contributed by atoms with Crippen LogP contribution < -0.4 is 10.5 Å². The lowest BCUT2D eigenvalue weighted by atomic mass is 10.2. The zero-order chi connectivity index (χ0) is 13.1. The van der Waals surface area contributed by atoms with Crippen LogP contribution in [0.25, 0.3) is 5.70 Å². The second kappa shape index (κ2) is 5.12. The Hall–Kier alpha value is -2.33. The molecule has 5 heteroatoms. The van der Waals surface area contributed by atoms with Gasteiger partial charge in [0.25, 0.3) is 0 Å². The summed E-state index contributed by atoms with van der Waals surface area (Å²) in [6.45, 7) is 0. The minimum atomic E-state index is 0.616. The van der Waals surface area contributed by atoms with E-state index in [4.69, 9.17) is 11.6 Å². The first-order valence-electron chi connectivity index (χ1n) is 5.83. The van der Waals surface area contributed by atoms with E-state index in [2.05, 4.69) is 15.8 Å². The smallest absolute Gasteiger partial charge is 0.112 e. The molecule has 0 atom stereocenters. The highest BCUT2D eigenvalue weighted by Crippen LogP contribution is 2.27. The molecule has 0 amide bonds. The van der Waals surface area contributed by atoms with Crippen LogP contribution >= 0.6 is 11.6 Å². The molecule has 0 aromatic heterocycles. The van der Waals surface area contributed by atoms with Crippen LogP contribution in [-0.4, -0.2) is 0 Å². The predicted molar refractivity (Wildman–Crippen MR) is 76.3 cm³/mol. The second-order valence-corrected chi connectivity index (χ2v) is 4.38. The largest absolute Gasteiger partial charge is 0.281 e. The fraction of sp³-hybridized carbons (Fsp3) is 0. The Labute approximate surface area is 116 Å². The monoisotopic (exact) mass is 270 g/mol. The number of halogens is 1. The number of hydrogen-bond donors (Lipinski definition) is 1. The first-order chi connectivity index (χ1) is 9.34. The van der Waals surface area contributed by atoms with E-state index in [0.717, 1.165) is 16.9 Å². The Balaban J connectivity index is 1.82. The van der Waals surface area contributed by atoms with Crippen molar-refractivity contribution < 1.29 is 0 Å². The lowest BCUT2D eigenvalue weighted by Crippen LogP contribution is -2.30. The standard InChI is InChI=1S/C14H11ClN4/c15-12-8-4-5-9-14(12)19-16-10-13(17-18-19)11-6-2-1-3-7-11/h1-10,16H. The number of nitrogens with zero attached hydrogens (tertiary/aromatic N) is 3. The van der Waals surface area contributed by atoms with Gasteiger partial charge in [-0.3, -0.25) is 5.43 Å². The Kier molecular flexibility index (Phi) is 3.16. The van der Waals surface area contributed by atoms with Crippen molar-refractivity contribution in [3.63, 3.8) is 0 Å². The summed E-state index contributed by atoms with van der Waals surface area (Å²) in [5.74, 6) is 0. The van der Waals surface area contributed by atoms with Crippen molar-refractivity contribution in [2.24, 2.45) is 10.3 Å². The number of nitrogens with one attached hydrogen (secondary N) is 1. The molecule has 1 N–H and O–H groups in total. The summed E-state index contributed by atoms with van der Waals surface area (Å²) < 4.78 is 0. The van der Waals surface area contributed by atoms with Crippen LogP contribution in [0.15, 0.2) is 71.1 Å².